The molecule has 5 unspecified atom stereocenters. The molecule has 7 N–H and O–H groups in total. The van der Waals surface area contributed by atoms with Gasteiger partial charge in [-0.25, -0.2) is 4.79 Å². The number of aliphatic hydroxyl groups is 6. The van der Waals surface area contributed by atoms with Gasteiger partial charge < -0.3 is 35.7 Å². The van der Waals surface area contributed by atoms with Crippen molar-refractivity contribution in [3.05, 3.63) is 0 Å². The van der Waals surface area contributed by atoms with Crippen molar-refractivity contribution in [1.29, 1.82) is 0 Å². The van der Waals surface area contributed by atoms with Gasteiger partial charge in [-0.15, -0.1) is 0 Å². The first kappa shape index (κ1) is 15.2. The highest BCUT2D eigenvalue weighted by atomic mass is 16.4. The van der Waals surface area contributed by atoms with Crippen LogP contribution in [0.15, 0.2) is 0 Å². The van der Waals surface area contributed by atoms with E-state index in [0.29, 0.717) is 0 Å². The Kier molecular flexibility index (Phi) is 6.41. The molecule has 0 aromatic heterocycles. The minimum Gasteiger partial charge on any atom is -0.479 e. The lowest BCUT2D eigenvalue weighted by Crippen LogP contribution is -2.51. The SMILES string of the molecule is O=C(O)C(O)C(O)C(O)C(O)C(O)CCO. The van der Waals surface area contributed by atoms with Crippen molar-refractivity contribution in [1.82, 2.24) is 0 Å². The second-order valence-electron chi connectivity index (χ2n) is 3.33. The second-order valence-corrected chi connectivity index (χ2v) is 3.33. The predicted molar refractivity (Wildman–Crippen MR) is 49.4 cm³/mol. The van der Waals surface area contributed by atoms with Crippen molar-refractivity contribution in [3.8, 4) is 0 Å². The van der Waals surface area contributed by atoms with Gasteiger partial charge in [-0.2, -0.15) is 0 Å². The average Bonchev–Trinajstić information content (AvgIpc) is 2.25. The van der Waals surface area contributed by atoms with Crippen LogP contribution in [0.4, 0.5) is 0 Å². The molecule has 0 heterocycles. The molecule has 0 aliphatic heterocycles. The monoisotopic (exact) mass is 240 g/mol. The van der Waals surface area contributed by atoms with Crippen LogP contribution in [0.3, 0.4) is 0 Å². The summed E-state index contributed by atoms with van der Waals surface area (Å²) in [5.74, 6) is -1.77. The molecule has 0 spiro atoms. The Morgan fingerprint density at radius 2 is 1.44 bits per heavy atom. The third kappa shape index (κ3) is 4.00. The number of carboxylic acids is 1. The fraction of sp³-hybridized carbons (Fsp3) is 0.875. The summed E-state index contributed by atoms with van der Waals surface area (Å²) in [6, 6.07) is 0. The van der Waals surface area contributed by atoms with Gasteiger partial charge in [-0.05, 0) is 6.42 Å². The van der Waals surface area contributed by atoms with Crippen LogP contribution in [0.1, 0.15) is 6.42 Å². The van der Waals surface area contributed by atoms with Crippen LogP contribution in [0.5, 0.6) is 0 Å². The molecular weight excluding hydrogens is 224 g/mol. The molecular formula is C8H16O8. The number of aliphatic carboxylic acids is 1. The van der Waals surface area contributed by atoms with Crippen molar-refractivity contribution in [2.45, 2.75) is 36.9 Å². The van der Waals surface area contributed by atoms with Crippen molar-refractivity contribution < 1.29 is 40.5 Å². The molecule has 0 aliphatic rings. The molecule has 0 radical (unpaired) electrons. The standard InChI is InChI=1S/C8H16O8/c9-2-1-3(10)4(11)5(12)6(13)7(14)8(15)16/h3-7,9-14H,1-2H2,(H,15,16). The molecule has 0 fully saturated rings. The van der Waals surface area contributed by atoms with Crippen LogP contribution in [0.25, 0.3) is 0 Å². The summed E-state index contributed by atoms with van der Waals surface area (Å²) < 4.78 is 0. The Morgan fingerprint density at radius 3 is 1.81 bits per heavy atom. The Labute approximate surface area is 91.0 Å². The van der Waals surface area contributed by atoms with E-state index in [2.05, 4.69) is 0 Å². The highest BCUT2D eigenvalue weighted by molar-refractivity contribution is 5.72. The van der Waals surface area contributed by atoms with E-state index in [1.807, 2.05) is 0 Å². The van der Waals surface area contributed by atoms with Crippen LogP contribution in [-0.4, -0.2) is 78.8 Å². The minimum atomic E-state index is -2.27. The molecule has 0 aromatic rings. The van der Waals surface area contributed by atoms with Gasteiger partial charge in [0.05, 0.1) is 6.10 Å². The maximum absolute atomic E-state index is 10.3. The normalized spacial score (nSPS) is 20.9. The smallest absolute Gasteiger partial charge is 0.335 e. The summed E-state index contributed by atoms with van der Waals surface area (Å²) in [6.07, 6.45) is -10.1. The fourth-order valence-electron chi connectivity index (χ4n) is 1.07. The van der Waals surface area contributed by atoms with Gasteiger partial charge >= 0.3 is 5.97 Å². The molecule has 0 amide bonds. The van der Waals surface area contributed by atoms with Gasteiger partial charge in [-0.3, -0.25) is 0 Å². The van der Waals surface area contributed by atoms with E-state index in [1.165, 1.54) is 0 Å². The van der Waals surface area contributed by atoms with E-state index < -0.39 is 43.1 Å². The maximum atomic E-state index is 10.3. The highest BCUT2D eigenvalue weighted by Gasteiger charge is 2.36. The van der Waals surface area contributed by atoms with Gasteiger partial charge in [0, 0.05) is 6.61 Å². The lowest BCUT2D eigenvalue weighted by molar-refractivity contribution is -0.168. The number of carbonyl (C=O) groups is 1. The molecule has 8 heteroatoms. The van der Waals surface area contributed by atoms with Gasteiger partial charge in [0.15, 0.2) is 6.10 Å². The molecule has 96 valence electrons. The highest BCUT2D eigenvalue weighted by Crippen LogP contribution is 2.10. The Hall–Kier alpha value is -0.770. The van der Waals surface area contributed by atoms with Crippen LogP contribution in [-0.2, 0) is 4.79 Å². The Bertz CT molecular complexity index is 220. The molecule has 0 saturated carbocycles. The summed E-state index contributed by atoms with van der Waals surface area (Å²) in [5.41, 5.74) is 0. The summed E-state index contributed by atoms with van der Waals surface area (Å²) in [6.45, 7) is -0.456. The van der Waals surface area contributed by atoms with Gasteiger partial charge in [-0.1, -0.05) is 0 Å². The third-order valence-electron chi connectivity index (χ3n) is 2.10. The zero-order valence-corrected chi connectivity index (χ0v) is 8.34. The first-order valence-electron chi connectivity index (χ1n) is 4.57. The fourth-order valence-corrected chi connectivity index (χ4v) is 1.07. The zero-order chi connectivity index (χ0) is 12.9. The summed E-state index contributed by atoms with van der Waals surface area (Å²) in [4.78, 5) is 10.3. The van der Waals surface area contributed by atoms with Crippen molar-refractivity contribution in [3.63, 3.8) is 0 Å². The molecule has 0 rings (SSSR count). The number of rotatable bonds is 7. The van der Waals surface area contributed by atoms with Crippen LogP contribution in [0, 0.1) is 0 Å². The lowest BCUT2D eigenvalue weighted by Gasteiger charge is -2.27. The first-order valence-corrected chi connectivity index (χ1v) is 4.57. The first-order chi connectivity index (χ1) is 7.32. The van der Waals surface area contributed by atoms with Gasteiger partial charge in [0.25, 0.3) is 0 Å². The second kappa shape index (κ2) is 6.74. The lowest BCUT2D eigenvalue weighted by atomic mass is 9.98. The van der Waals surface area contributed by atoms with Gasteiger partial charge in [0.1, 0.15) is 18.3 Å². The number of aliphatic hydroxyl groups excluding tert-OH is 6. The molecule has 0 bridgehead atoms. The molecule has 0 aromatic carbocycles. The van der Waals surface area contributed by atoms with E-state index >= 15 is 0 Å². The Balaban J connectivity index is 4.41. The maximum Gasteiger partial charge on any atom is 0.335 e. The average molecular weight is 240 g/mol. The van der Waals surface area contributed by atoms with Gasteiger partial charge in [0.2, 0.25) is 0 Å². The largest absolute Gasteiger partial charge is 0.479 e. The number of hydrogen-bond acceptors (Lipinski definition) is 7. The van der Waals surface area contributed by atoms with Crippen molar-refractivity contribution in [2.24, 2.45) is 0 Å². The van der Waals surface area contributed by atoms with E-state index in [4.69, 9.17) is 25.5 Å². The molecule has 8 nitrogen and oxygen atoms in total. The number of hydrogen-bond donors (Lipinski definition) is 7. The molecule has 0 aliphatic carbocycles. The summed E-state index contributed by atoms with van der Waals surface area (Å²) in [7, 11) is 0. The summed E-state index contributed by atoms with van der Waals surface area (Å²) in [5, 5.41) is 62.4. The molecule has 5 atom stereocenters. The van der Waals surface area contributed by atoms with Crippen LogP contribution >= 0.6 is 0 Å². The molecule has 0 saturated heterocycles. The topological polar surface area (TPSA) is 159 Å². The zero-order valence-electron chi connectivity index (χ0n) is 8.34. The number of carboxylic acid groups (broad SMARTS) is 1. The summed E-state index contributed by atoms with van der Waals surface area (Å²) >= 11 is 0. The van der Waals surface area contributed by atoms with E-state index in [1.54, 1.807) is 0 Å². The van der Waals surface area contributed by atoms with E-state index in [9.17, 15) is 15.0 Å². The van der Waals surface area contributed by atoms with E-state index in [-0.39, 0.29) is 6.42 Å². The van der Waals surface area contributed by atoms with Crippen LogP contribution in [0.2, 0.25) is 0 Å². The minimum absolute atomic E-state index is 0.256. The third-order valence-corrected chi connectivity index (χ3v) is 2.10. The quantitative estimate of drug-likeness (QED) is 0.239. The Morgan fingerprint density at radius 1 is 0.938 bits per heavy atom. The molecule has 16 heavy (non-hydrogen) atoms. The van der Waals surface area contributed by atoms with Crippen molar-refractivity contribution in [2.75, 3.05) is 6.61 Å². The van der Waals surface area contributed by atoms with Crippen LogP contribution < -0.4 is 0 Å². The predicted octanol–water partition coefficient (Wildman–Crippen LogP) is -3.74. The van der Waals surface area contributed by atoms with E-state index in [0.717, 1.165) is 0 Å². The van der Waals surface area contributed by atoms with Crippen molar-refractivity contribution >= 4 is 5.97 Å².